The highest BCUT2D eigenvalue weighted by Gasteiger charge is 2.41. The van der Waals surface area contributed by atoms with Crippen molar-refractivity contribution in [2.24, 2.45) is 0 Å². The molecule has 0 bridgehead atoms. The number of thiol groups is 1. The number of imide groups is 1. The molecule has 1 aromatic heterocycles. The number of likely N-dealkylation sites (N-methyl/N-ethyl adjacent to an activating group) is 1. The first-order valence-corrected chi connectivity index (χ1v) is 10.6. The van der Waals surface area contributed by atoms with E-state index in [9.17, 15) is 9.59 Å². The van der Waals surface area contributed by atoms with Crippen LogP contribution in [0.4, 0.5) is 4.79 Å². The maximum Gasteiger partial charge on any atom is 0.334 e. The number of aromatic nitrogens is 1. The molecule has 1 aliphatic heterocycles. The molecule has 3 aromatic rings. The molecule has 1 fully saturated rings. The van der Waals surface area contributed by atoms with Crippen LogP contribution in [0.2, 0.25) is 0 Å². The summed E-state index contributed by atoms with van der Waals surface area (Å²) in [7, 11) is 2.11. The Morgan fingerprint density at radius 3 is 2.77 bits per heavy atom. The van der Waals surface area contributed by atoms with Crippen LogP contribution in [-0.2, 0) is 6.42 Å². The number of fused-ring (bicyclic) bond motifs is 2. The van der Waals surface area contributed by atoms with Crippen molar-refractivity contribution in [2.75, 3.05) is 13.6 Å². The van der Waals surface area contributed by atoms with E-state index in [4.69, 9.17) is 0 Å². The molecule has 3 atom stereocenters. The van der Waals surface area contributed by atoms with E-state index >= 15 is 0 Å². The molecule has 7 heteroatoms. The second-order valence-electron chi connectivity index (χ2n) is 8.26. The Morgan fingerprint density at radius 1 is 1.17 bits per heavy atom. The summed E-state index contributed by atoms with van der Waals surface area (Å²) >= 11 is 4.49. The van der Waals surface area contributed by atoms with Crippen molar-refractivity contribution in [3.05, 3.63) is 71.4 Å². The Morgan fingerprint density at radius 2 is 1.97 bits per heavy atom. The largest absolute Gasteiger partial charge is 0.361 e. The quantitative estimate of drug-likeness (QED) is 0.555. The van der Waals surface area contributed by atoms with Crippen LogP contribution in [0.25, 0.3) is 10.9 Å². The summed E-state index contributed by atoms with van der Waals surface area (Å²) in [6, 6.07) is 15.0. The van der Waals surface area contributed by atoms with Crippen molar-refractivity contribution >= 4 is 35.7 Å². The van der Waals surface area contributed by atoms with Crippen molar-refractivity contribution in [3.63, 3.8) is 0 Å². The van der Waals surface area contributed by atoms with Gasteiger partial charge in [0.15, 0.2) is 0 Å². The third-order valence-electron chi connectivity index (χ3n) is 6.51. The number of carbonyl (C=O) groups excluding carboxylic acids is 2. The molecule has 30 heavy (non-hydrogen) atoms. The lowest BCUT2D eigenvalue weighted by atomic mass is 9.74. The maximum atomic E-state index is 12.7. The van der Waals surface area contributed by atoms with Gasteiger partial charge in [0, 0.05) is 41.2 Å². The van der Waals surface area contributed by atoms with Gasteiger partial charge in [-0.1, -0.05) is 43.1 Å². The highest BCUT2D eigenvalue weighted by Crippen LogP contribution is 2.43. The number of nitrogens with zero attached hydrogens (tertiary/aromatic N) is 2. The van der Waals surface area contributed by atoms with Gasteiger partial charge in [-0.25, -0.2) is 4.79 Å². The number of urea groups is 1. The summed E-state index contributed by atoms with van der Waals surface area (Å²) in [5, 5.41) is 3.78. The van der Waals surface area contributed by atoms with Crippen molar-refractivity contribution in [1.82, 2.24) is 19.5 Å². The van der Waals surface area contributed by atoms with E-state index in [1.165, 1.54) is 26.3 Å². The molecule has 6 nitrogen and oxygen atoms in total. The maximum absolute atomic E-state index is 12.7. The predicted octanol–water partition coefficient (Wildman–Crippen LogP) is 3.58. The summed E-state index contributed by atoms with van der Waals surface area (Å²) in [5.41, 5.74) is 4.31. The number of nitrogens with one attached hydrogen (secondary N) is 2. The lowest BCUT2D eigenvalue weighted by Crippen LogP contribution is -2.55. The zero-order valence-electron chi connectivity index (χ0n) is 16.7. The van der Waals surface area contributed by atoms with Crippen LogP contribution in [-0.4, -0.2) is 51.8 Å². The number of rotatable bonds is 2. The number of aromatic amines is 1. The number of piperidine rings is 1. The lowest BCUT2D eigenvalue weighted by molar-refractivity contribution is 0.0925. The molecular weight excluding hydrogens is 396 g/mol. The van der Waals surface area contributed by atoms with Gasteiger partial charge in [-0.2, -0.15) is 0 Å². The monoisotopic (exact) mass is 420 g/mol. The Hall–Kier alpha value is -2.77. The average Bonchev–Trinajstić information content (AvgIpc) is 3.18. The van der Waals surface area contributed by atoms with E-state index in [0.29, 0.717) is 24.1 Å². The Bertz CT molecular complexity index is 1110. The van der Waals surface area contributed by atoms with Crippen molar-refractivity contribution < 1.29 is 9.59 Å². The third kappa shape index (κ3) is 3.18. The lowest BCUT2D eigenvalue weighted by Gasteiger charge is -2.47. The van der Waals surface area contributed by atoms with Gasteiger partial charge in [0.25, 0.3) is 5.91 Å². The normalized spacial score (nSPS) is 23.1. The fraction of sp³-hybridized carbons (Fsp3) is 0.304. The number of H-pyrrole nitrogens is 1. The molecule has 0 spiro atoms. The van der Waals surface area contributed by atoms with Crippen molar-refractivity contribution in [2.45, 2.75) is 30.8 Å². The summed E-state index contributed by atoms with van der Waals surface area (Å²) in [4.78, 5) is 30.8. The number of amides is 3. The molecule has 2 heterocycles. The summed E-state index contributed by atoms with van der Waals surface area (Å²) in [6.07, 6.45) is 3.93. The first-order chi connectivity index (χ1) is 14.5. The molecule has 1 unspecified atom stereocenters. The predicted molar refractivity (Wildman–Crippen MR) is 120 cm³/mol. The van der Waals surface area contributed by atoms with Crippen LogP contribution < -0.4 is 5.32 Å². The zero-order valence-corrected chi connectivity index (χ0v) is 17.6. The molecule has 2 aliphatic rings. The molecular formula is C23H24N4O2S. The minimum atomic E-state index is -0.486. The van der Waals surface area contributed by atoms with Crippen LogP contribution in [0.3, 0.4) is 0 Å². The average molecular weight is 421 g/mol. The van der Waals surface area contributed by atoms with Gasteiger partial charge in [0.1, 0.15) is 0 Å². The third-order valence-corrected chi connectivity index (χ3v) is 7.02. The van der Waals surface area contributed by atoms with Crippen LogP contribution in [0.15, 0.2) is 54.7 Å². The standard InChI is InChI=1S/C23H24N4O2S/c1-26-13-16(27(30)23(29)25-22(28)14-6-3-2-4-7-14)11-18-17-8-5-9-19-21(17)15(12-24-19)10-20(18)26/h2-9,12,16,18,20,24,30H,10-11,13H2,1H3,(H,25,28,29)/t16?,18-,20-/m1/s1. The molecule has 0 radical (unpaired) electrons. The van der Waals surface area contributed by atoms with Crippen molar-refractivity contribution in [3.8, 4) is 0 Å². The van der Waals surface area contributed by atoms with E-state index in [0.717, 1.165) is 12.8 Å². The number of likely N-dealkylation sites (tertiary alicyclic amines) is 1. The zero-order chi connectivity index (χ0) is 20.8. The van der Waals surface area contributed by atoms with Crippen LogP contribution in [0.1, 0.15) is 33.8 Å². The van der Waals surface area contributed by atoms with Crippen LogP contribution >= 0.6 is 12.8 Å². The van der Waals surface area contributed by atoms with Gasteiger partial charge in [0.05, 0.1) is 6.04 Å². The Kier molecular flexibility index (Phi) is 4.79. The van der Waals surface area contributed by atoms with Gasteiger partial charge < -0.3 is 9.88 Å². The van der Waals surface area contributed by atoms with E-state index in [1.807, 2.05) is 6.07 Å². The topological polar surface area (TPSA) is 68.4 Å². The van der Waals surface area contributed by atoms with E-state index < -0.39 is 11.9 Å². The summed E-state index contributed by atoms with van der Waals surface area (Å²) in [5.74, 6) is -0.103. The summed E-state index contributed by atoms with van der Waals surface area (Å²) < 4.78 is 1.39. The fourth-order valence-corrected chi connectivity index (χ4v) is 5.29. The van der Waals surface area contributed by atoms with E-state index in [2.05, 4.69) is 59.5 Å². The van der Waals surface area contributed by atoms with Gasteiger partial charge in [0.2, 0.25) is 0 Å². The smallest absolute Gasteiger partial charge is 0.334 e. The number of hydrogen-bond donors (Lipinski definition) is 3. The van der Waals surface area contributed by atoms with Gasteiger partial charge in [-0.15, -0.1) is 0 Å². The summed E-state index contributed by atoms with van der Waals surface area (Å²) in [6.45, 7) is 0.716. The molecule has 1 saturated heterocycles. The highest BCUT2D eigenvalue weighted by molar-refractivity contribution is 7.78. The minimum absolute atomic E-state index is 0.0982. The Balaban J connectivity index is 1.36. The first-order valence-electron chi connectivity index (χ1n) is 10.2. The second kappa shape index (κ2) is 7.49. The molecule has 0 saturated carbocycles. The number of carbonyl (C=O) groups is 2. The molecule has 3 amide bonds. The second-order valence-corrected chi connectivity index (χ2v) is 8.69. The molecule has 154 valence electrons. The number of hydrogen-bond acceptors (Lipinski definition) is 4. The van der Waals surface area contributed by atoms with Gasteiger partial charge >= 0.3 is 6.03 Å². The number of benzene rings is 2. The SMILES string of the molecule is CN1CC(N(S)C(=O)NC(=O)c2ccccc2)C[C@@H]2c3cccc4[nH]cc(c34)C[C@H]21. The highest BCUT2D eigenvalue weighted by atomic mass is 32.1. The molecule has 2 aromatic carbocycles. The van der Waals surface area contributed by atoms with E-state index in [-0.39, 0.29) is 6.04 Å². The van der Waals surface area contributed by atoms with Gasteiger partial charge in [-0.3, -0.25) is 14.4 Å². The first kappa shape index (κ1) is 19.2. The van der Waals surface area contributed by atoms with Crippen LogP contribution in [0, 0.1) is 0 Å². The van der Waals surface area contributed by atoms with Gasteiger partial charge in [-0.05, 0) is 49.2 Å². The van der Waals surface area contributed by atoms with E-state index in [1.54, 1.807) is 24.3 Å². The molecule has 1 aliphatic carbocycles. The molecule has 2 N–H and O–H groups in total. The van der Waals surface area contributed by atoms with Crippen molar-refractivity contribution in [1.29, 1.82) is 0 Å². The minimum Gasteiger partial charge on any atom is -0.361 e. The molecule has 5 rings (SSSR count). The van der Waals surface area contributed by atoms with Crippen LogP contribution in [0.5, 0.6) is 0 Å². The Labute approximate surface area is 180 Å². The fourth-order valence-electron chi connectivity index (χ4n) is 5.07.